The van der Waals surface area contributed by atoms with Crippen molar-refractivity contribution >= 4 is 40.5 Å². The molecule has 0 aliphatic carbocycles. The molecule has 5 heteroatoms. The Balaban J connectivity index is 1.84. The first kappa shape index (κ1) is 14.0. The Morgan fingerprint density at radius 3 is 2.43 bits per heavy atom. The lowest BCUT2D eigenvalue weighted by atomic mass is 10.2. The number of para-hydroxylation sites is 1. The number of hydrogen-bond donors (Lipinski definition) is 0. The summed E-state index contributed by atoms with van der Waals surface area (Å²) < 4.78 is 0. The number of carbonyl (C=O) groups excluding carboxylic acids is 1. The molecule has 3 nitrogen and oxygen atoms in total. The first-order valence-electron chi connectivity index (χ1n) is 6.57. The molecule has 0 bridgehead atoms. The zero-order valence-corrected chi connectivity index (χ0v) is 12.8. The van der Waals surface area contributed by atoms with Gasteiger partial charge in [0.1, 0.15) is 6.54 Å². The summed E-state index contributed by atoms with van der Waals surface area (Å²) in [6, 6.07) is 17.2. The highest BCUT2D eigenvalue weighted by molar-refractivity contribution is 7.80. The average molecular weight is 317 g/mol. The predicted octanol–water partition coefficient (Wildman–Crippen LogP) is 3.47. The maximum Gasteiger partial charge on any atom is 0.252 e. The fourth-order valence-corrected chi connectivity index (χ4v) is 2.90. The number of rotatable bonds is 3. The molecule has 0 radical (unpaired) electrons. The smallest absolute Gasteiger partial charge is 0.252 e. The molecule has 2 aromatic carbocycles. The zero-order chi connectivity index (χ0) is 14.8. The maximum absolute atomic E-state index is 12.3. The molecule has 0 saturated carbocycles. The number of nitrogens with zero attached hydrogens (tertiary/aromatic N) is 2. The molecule has 0 unspecified atom stereocenters. The Morgan fingerprint density at radius 2 is 1.71 bits per heavy atom. The molecular weight excluding hydrogens is 304 g/mol. The van der Waals surface area contributed by atoms with Crippen molar-refractivity contribution in [3.8, 4) is 0 Å². The molecule has 2 aromatic rings. The lowest BCUT2D eigenvalue weighted by Crippen LogP contribution is -2.32. The summed E-state index contributed by atoms with van der Waals surface area (Å²) in [5, 5.41) is 1.02. The molecule has 0 N–H and O–H groups in total. The lowest BCUT2D eigenvalue weighted by molar-refractivity contribution is -0.116. The third kappa shape index (κ3) is 2.77. The molecule has 21 heavy (non-hydrogen) atoms. The highest BCUT2D eigenvalue weighted by atomic mass is 35.5. The second-order valence-electron chi connectivity index (χ2n) is 4.80. The fraction of sp³-hybridized carbons (Fsp3) is 0.125. The van der Waals surface area contributed by atoms with Crippen LogP contribution >= 0.6 is 23.8 Å². The minimum Gasteiger partial charge on any atom is -0.335 e. The molecular formula is C16H13ClN2OS. The first-order chi connectivity index (χ1) is 10.2. The van der Waals surface area contributed by atoms with E-state index in [0.29, 0.717) is 22.4 Å². The number of amides is 1. The van der Waals surface area contributed by atoms with E-state index < -0.39 is 0 Å². The van der Waals surface area contributed by atoms with Gasteiger partial charge < -0.3 is 4.90 Å². The van der Waals surface area contributed by atoms with Gasteiger partial charge in [0.05, 0.1) is 10.7 Å². The van der Waals surface area contributed by atoms with Crippen molar-refractivity contribution in [1.29, 1.82) is 0 Å². The lowest BCUT2D eigenvalue weighted by Gasteiger charge is -2.21. The van der Waals surface area contributed by atoms with Crippen molar-refractivity contribution in [2.45, 2.75) is 6.54 Å². The number of thiocarbonyl (C=S) groups is 1. The van der Waals surface area contributed by atoms with E-state index in [4.69, 9.17) is 23.8 Å². The van der Waals surface area contributed by atoms with Crippen LogP contribution in [-0.2, 0) is 11.3 Å². The predicted molar refractivity (Wildman–Crippen MR) is 88.4 cm³/mol. The van der Waals surface area contributed by atoms with Crippen molar-refractivity contribution in [3.05, 3.63) is 65.2 Å². The number of carbonyl (C=O) groups is 1. The summed E-state index contributed by atoms with van der Waals surface area (Å²) in [4.78, 5) is 15.7. The van der Waals surface area contributed by atoms with Gasteiger partial charge in [-0.15, -0.1) is 0 Å². The van der Waals surface area contributed by atoms with Crippen molar-refractivity contribution in [3.63, 3.8) is 0 Å². The number of anilines is 1. The molecule has 1 aliphatic heterocycles. The van der Waals surface area contributed by atoms with Gasteiger partial charge in [-0.05, 0) is 29.9 Å². The fourth-order valence-electron chi connectivity index (χ4n) is 2.35. The minimum atomic E-state index is -0.0518. The van der Waals surface area contributed by atoms with Crippen LogP contribution in [0.5, 0.6) is 0 Å². The molecule has 0 spiro atoms. The van der Waals surface area contributed by atoms with Crippen LogP contribution in [0.25, 0.3) is 0 Å². The zero-order valence-electron chi connectivity index (χ0n) is 11.2. The van der Waals surface area contributed by atoms with Crippen LogP contribution in [0.1, 0.15) is 5.56 Å². The van der Waals surface area contributed by atoms with Gasteiger partial charge in [0.25, 0.3) is 5.91 Å². The van der Waals surface area contributed by atoms with Crippen LogP contribution in [0.4, 0.5) is 5.69 Å². The van der Waals surface area contributed by atoms with Gasteiger partial charge in [0.15, 0.2) is 5.11 Å². The Kier molecular flexibility index (Phi) is 3.90. The molecule has 0 aromatic heterocycles. The largest absolute Gasteiger partial charge is 0.335 e. The van der Waals surface area contributed by atoms with E-state index in [0.717, 1.165) is 5.56 Å². The van der Waals surface area contributed by atoms with Crippen LogP contribution in [0.2, 0.25) is 5.02 Å². The van der Waals surface area contributed by atoms with Gasteiger partial charge in [0, 0.05) is 6.54 Å². The van der Waals surface area contributed by atoms with Crippen molar-refractivity contribution < 1.29 is 4.79 Å². The minimum absolute atomic E-state index is 0.0518. The van der Waals surface area contributed by atoms with Crippen LogP contribution < -0.4 is 4.90 Å². The van der Waals surface area contributed by atoms with Crippen molar-refractivity contribution in [1.82, 2.24) is 4.90 Å². The van der Waals surface area contributed by atoms with Crippen LogP contribution in [-0.4, -0.2) is 22.5 Å². The Morgan fingerprint density at radius 1 is 1.05 bits per heavy atom. The highest BCUT2D eigenvalue weighted by Gasteiger charge is 2.34. The molecule has 3 rings (SSSR count). The molecule has 106 valence electrons. The molecule has 1 amide bonds. The second kappa shape index (κ2) is 5.84. The number of benzene rings is 2. The van der Waals surface area contributed by atoms with Crippen molar-refractivity contribution in [2.75, 3.05) is 11.4 Å². The highest BCUT2D eigenvalue weighted by Crippen LogP contribution is 2.29. The van der Waals surface area contributed by atoms with Gasteiger partial charge >= 0.3 is 0 Å². The van der Waals surface area contributed by atoms with E-state index in [1.54, 1.807) is 12.1 Å². The van der Waals surface area contributed by atoms with Crippen LogP contribution in [0.15, 0.2) is 54.6 Å². The third-order valence-electron chi connectivity index (χ3n) is 3.35. The standard InChI is InChI=1S/C16H13ClN2OS/c17-13-8-4-5-9-14(13)19-15(20)11-18(16(19)21)10-12-6-2-1-3-7-12/h1-9H,10-11H2. The summed E-state index contributed by atoms with van der Waals surface area (Å²) in [7, 11) is 0. The van der Waals surface area contributed by atoms with Gasteiger partial charge in [-0.1, -0.05) is 54.1 Å². The van der Waals surface area contributed by atoms with Crippen LogP contribution in [0.3, 0.4) is 0 Å². The first-order valence-corrected chi connectivity index (χ1v) is 7.36. The monoisotopic (exact) mass is 316 g/mol. The normalized spacial score (nSPS) is 14.9. The second-order valence-corrected chi connectivity index (χ2v) is 5.58. The topological polar surface area (TPSA) is 23.6 Å². The molecule has 0 atom stereocenters. The number of halogens is 1. The van der Waals surface area contributed by atoms with Gasteiger partial charge in [0.2, 0.25) is 0 Å². The molecule has 1 saturated heterocycles. The van der Waals surface area contributed by atoms with E-state index in [-0.39, 0.29) is 12.5 Å². The molecule has 1 heterocycles. The Hall–Kier alpha value is -1.91. The van der Waals surface area contributed by atoms with Crippen molar-refractivity contribution in [2.24, 2.45) is 0 Å². The Bertz CT molecular complexity index is 690. The average Bonchev–Trinajstić information content (AvgIpc) is 2.76. The summed E-state index contributed by atoms with van der Waals surface area (Å²) in [5.74, 6) is -0.0518. The SMILES string of the molecule is O=C1CN(Cc2ccccc2)C(=S)N1c1ccccc1Cl. The van der Waals surface area contributed by atoms with Gasteiger partial charge in [-0.2, -0.15) is 0 Å². The molecule has 1 aliphatic rings. The summed E-state index contributed by atoms with van der Waals surface area (Å²) in [6.45, 7) is 0.894. The molecule has 1 fully saturated rings. The maximum atomic E-state index is 12.3. The Labute approximate surface area is 133 Å². The van der Waals surface area contributed by atoms with E-state index in [2.05, 4.69) is 0 Å². The van der Waals surface area contributed by atoms with E-state index in [9.17, 15) is 4.79 Å². The van der Waals surface area contributed by atoms with Gasteiger partial charge in [-0.3, -0.25) is 9.69 Å². The van der Waals surface area contributed by atoms with Crippen LogP contribution in [0, 0.1) is 0 Å². The van der Waals surface area contributed by atoms with E-state index in [1.165, 1.54) is 4.90 Å². The summed E-state index contributed by atoms with van der Waals surface area (Å²) >= 11 is 11.6. The number of hydrogen-bond acceptors (Lipinski definition) is 2. The van der Waals surface area contributed by atoms with E-state index >= 15 is 0 Å². The quantitative estimate of drug-likeness (QED) is 0.810. The summed E-state index contributed by atoms with van der Waals surface area (Å²) in [5.41, 5.74) is 1.76. The summed E-state index contributed by atoms with van der Waals surface area (Å²) in [6.07, 6.45) is 0. The van der Waals surface area contributed by atoms with Gasteiger partial charge in [-0.25, -0.2) is 0 Å². The van der Waals surface area contributed by atoms with E-state index in [1.807, 2.05) is 47.4 Å². The third-order valence-corrected chi connectivity index (χ3v) is 4.11.